The number of carbonyl (C=O) groups excluding carboxylic acids is 2. The number of benzene rings is 1. The molecule has 5 atom stereocenters. The maximum Gasteiger partial charge on any atom is 0.356 e. The number of likely N-dealkylation sites (tertiary alicyclic amines) is 1. The van der Waals surface area contributed by atoms with E-state index in [1.807, 2.05) is 44.2 Å². The predicted octanol–water partition coefficient (Wildman–Crippen LogP) is 5.03. The first-order chi connectivity index (χ1) is 15.7. The van der Waals surface area contributed by atoms with Crippen molar-refractivity contribution in [1.29, 1.82) is 0 Å². The SMILES string of the molecule is C=CCOC(=O)[C@H](O)N1C(=O)[C@H]([C@@H](C)O[Si](C)(C)C(C)(C)C)[C@H]1[C@@H](C)C(=S)Sc1ccccc1. The van der Waals surface area contributed by atoms with Gasteiger partial charge in [0.2, 0.25) is 12.1 Å². The lowest BCUT2D eigenvalue weighted by atomic mass is 9.77. The molecule has 1 aromatic carbocycles. The third-order valence-electron chi connectivity index (χ3n) is 6.68. The summed E-state index contributed by atoms with van der Waals surface area (Å²) in [5.74, 6) is -2.03. The van der Waals surface area contributed by atoms with Gasteiger partial charge in [-0.25, -0.2) is 4.79 Å². The van der Waals surface area contributed by atoms with Gasteiger partial charge in [0.05, 0.1) is 22.3 Å². The number of hydrogen-bond donors (Lipinski definition) is 1. The average Bonchev–Trinajstić information content (AvgIpc) is 2.74. The van der Waals surface area contributed by atoms with E-state index in [1.165, 1.54) is 22.7 Å². The number of carbonyl (C=O) groups is 2. The van der Waals surface area contributed by atoms with Crippen LogP contribution < -0.4 is 0 Å². The number of β-lactam (4-membered cyclic amide) rings is 1. The van der Waals surface area contributed by atoms with Gasteiger partial charge in [0.25, 0.3) is 0 Å². The van der Waals surface area contributed by atoms with Gasteiger partial charge in [0.1, 0.15) is 6.61 Å². The first kappa shape index (κ1) is 28.7. The Labute approximate surface area is 214 Å². The molecule has 1 saturated heterocycles. The van der Waals surface area contributed by atoms with Crippen molar-refractivity contribution < 1.29 is 23.9 Å². The van der Waals surface area contributed by atoms with Crippen LogP contribution in [-0.4, -0.2) is 59.4 Å². The summed E-state index contributed by atoms with van der Waals surface area (Å²) in [5.41, 5.74) is 0. The van der Waals surface area contributed by atoms with Crippen LogP contribution in [0, 0.1) is 11.8 Å². The van der Waals surface area contributed by atoms with Gasteiger partial charge in [-0.2, -0.15) is 0 Å². The molecule has 188 valence electrons. The van der Waals surface area contributed by atoms with E-state index in [0.717, 1.165) is 4.90 Å². The molecule has 34 heavy (non-hydrogen) atoms. The van der Waals surface area contributed by atoms with Gasteiger partial charge in [0.15, 0.2) is 8.32 Å². The molecule has 0 bridgehead atoms. The predicted molar refractivity (Wildman–Crippen MR) is 143 cm³/mol. The molecule has 0 saturated carbocycles. The molecule has 1 aromatic rings. The lowest BCUT2D eigenvalue weighted by Gasteiger charge is -2.54. The largest absolute Gasteiger partial charge is 0.458 e. The second kappa shape index (κ2) is 11.5. The first-order valence-electron chi connectivity index (χ1n) is 11.4. The zero-order chi connectivity index (χ0) is 25.8. The molecular weight excluding hydrogens is 486 g/mol. The monoisotopic (exact) mass is 523 g/mol. The standard InChI is InChI=1S/C25H37NO5S2Si/c1-9-15-30-23(29)22(28)26-20(16(2)24(32)33-18-13-11-10-12-14-18)19(21(26)27)17(3)31-34(7,8)25(4,5)6/h9-14,16-17,19-20,22,28H,1,15H2,2-8H3/t16-,17-,19-,20-,22+/m1/s1. The van der Waals surface area contributed by atoms with Gasteiger partial charge in [-0.15, -0.1) is 0 Å². The molecule has 1 N–H and O–H groups in total. The molecule has 0 spiro atoms. The number of esters is 1. The summed E-state index contributed by atoms with van der Waals surface area (Å²) in [6, 6.07) is 9.25. The fourth-order valence-corrected chi connectivity index (χ4v) is 6.46. The highest BCUT2D eigenvalue weighted by Crippen LogP contribution is 2.43. The number of thiocarbonyl (C=S) groups is 1. The maximum atomic E-state index is 13.3. The summed E-state index contributed by atoms with van der Waals surface area (Å²) >= 11 is 7.19. The molecule has 0 unspecified atom stereocenters. The molecule has 1 heterocycles. The number of aliphatic hydroxyl groups is 1. The fraction of sp³-hybridized carbons (Fsp3) is 0.560. The van der Waals surface area contributed by atoms with E-state index >= 15 is 0 Å². The summed E-state index contributed by atoms with van der Waals surface area (Å²) in [7, 11) is -2.16. The maximum absolute atomic E-state index is 13.3. The minimum absolute atomic E-state index is 0.0265. The minimum atomic E-state index is -2.16. The van der Waals surface area contributed by atoms with Gasteiger partial charge >= 0.3 is 5.97 Å². The number of rotatable bonds is 10. The van der Waals surface area contributed by atoms with Gasteiger partial charge < -0.3 is 19.2 Å². The smallest absolute Gasteiger partial charge is 0.356 e. The lowest BCUT2D eigenvalue weighted by molar-refractivity contribution is -0.198. The van der Waals surface area contributed by atoms with Crippen molar-refractivity contribution in [1.82, 2.24) is 4.90 Å². The zero-order valence-corrected chi connectivity index (χ0v) is 23.7. The minimum Gasteiger partial charge on any atom is -0.458 e. The third kappa shape index (κ3) is 6.37. The van der Waals surface area contributed by atoms with Gasteiger partial charge in [0, 0.05) is 10.8 Å². The van der Waals surface area contributed by atoms with E-state index in [-0.39, 0.29) is 23.5 Å². The Balaban J connectivity index is 2.31. The second-order valence-electron chi connectivity index (χ2n) is 10.2. The highest BCUT2D eigenvalue weighted by atomic mass is 32.2. The molecule has 6 nitrogen and oxygen atoms in total. The molecule has 0 radical (unpaired) electrons. The average molecular weight is 524 g/mol. The highest BCUT2D eigenvalue weighted by molar-refractivity contribution is 8.23. The van der Waals surface area contributed by atoms with E-state index in [2.05, 4.69) is 40.4 Å². The topological polar surface area (TPSA) is 76.1 Å². The van der Waals surface area contributed by atoms with Crippen LogP contribution in [0.2, 0.25) is 18.1 Å². The Morgan fingerprint density at radius 3 is 2.41 bits per heavy atom. The molecule has 9 heteroatoms. The number of thioether (sulfide) groups is 1. The molecule has 2 rings (SSSR count). The van der Waals surface area contributed by atoms with Crippen molar-refractivity contribution in [3.05, 3.63) is 43.0 Å². The Bertz CT molecular complexity index is 902. The van der Waals surface area contributed by atoms with Crippen molar-refractivity contribution in [3.63, 3.8) is 0 Å². The molecule has 0 aromatic heterocycles. The van der Waals surface area contributed by atoms with Crippen molar-refractivity contribution in [2.24, 2.45) is 11.8 Å². The Morgan fingerprint density at radius 2 is 1.88 bits per heavy atom. The number of ether oxygens (including phenoxy) is 1. The molecule has 0 aliphatic carbocycles. The van der Waals surface area contributed by atoms with Crippen LogP contribution in [0.3, 0.4) is 0 Å². The van der Waals surface area contributed by atoms with Crippen LogP contribution >= 0.6 is 24.0 Å². The van der Waals surface area contributed by atoms with Crippen LogP contribution in [0.25, 0.3) is 0 Å². The summed E-state index contributed by atoms with van der Waals surface area (Å²) in [5, 5.41) is 10.7. The molecular formula is C25H37NO5S2Si. The third-order valence-corrected chi connectivity index (χ3v) is 13.0. The van der Waals surface area contributed by atoms with E-state index < -0.39 is 38.6 Å². The fourth-order valence-electron chi connectivity index (χ4n) is 3.75. The zero-order valence-electron chi connectivity index (χ0n) is 21.1. The van der Waals surface area contributed by atoms with Gasteiger partial charge in [-0.05, 0) is 37.2 Å². The quantitative estimate of drug-likeness (QED) is 0.115. The first-order valence-corrected chi connectivity index (χ1v) is 15.6. The van der Waals surface area contributed by atoms with Crippen LogP contribution in [0.1, 0.15) is 34.6 Å². The molecule has 1 fully saturated rings. The van der Waals surface area contributed by atoms with Crippen molar-refractivity contribution in [3.8, 4) is 0 Å². The Kier molecular flexibility index (Phi) is 9.69. The van der Waals surface area contributed by atoms with Crippen LogP contribution in [-0.2, 0) is 18.8 Å². The highest BCUT2D eigenvalue weighted by Gasteiger charge is 2.58. The summed E-state index contributed by atoms with van der Waals surface area (Å²) in [6.07, 6.45) is -0.689. The second-order valence-corrected chi connectivity index (χ2v) is 16.7. The Morgan fingerprint density at radius 1 is 1.29 bits per heavy atom. The van der Waals surface area contributed by atoms with Crippen LogP contribution in [0.5, 0.6) is 0 Å². The number of nitrogens with zero attached hydrogens (tertiary/aromatic N) is 1. The number of aliphatic hydroxyl groups excluding tert-OH is 1. The summed E-state index contributed by atoms with van der Waals surface area (Å²) in [4.78, 5) is 27.8. The Hall–Kier alpha value is -1.52. The van der Waals surface area contributed by atoms with Crippen molar-refractivity contribution in [2.75, 3.05) is 6.61 Å². The normalized spacial score (nSPS) is 21.3. The van der Waals surface area contributed by atoms with Gasteiger partial charge in [-0.1, -0.05) is 82.5 Å². The van der Waals surface area contributed by atoms with E-state index in [1.54, 1.807) is 0 Å². The van der Waals surface area contributed by atoms with E-state index in [0.29, 0.717) is 4.20 Å². The molecule has 1 aliphatic rings. The number of amides is 1. The van der Waals surface area contributed by atoms with Crippen LogP contribution in [0.15, 0.2) is 47.9 Å². The summed E-state index contributed by atoms with van der Waals surface area (Å²) in [6.45, 7) is 18.0. The van der Waals surface area contributed by atoms with Gasteiger partial charge in [-0.3, -0.25) is 4.79 Å². The van der Waals surface area contributed by atoms with Crippen LogP contribution in [0.4, 0.5) is 0 Å². The number of hydrogen-bond acceptors (Lipinski definition) is 7. The van der Waals surface area contributed by atoms with Crippen molar-refractivity contribution in [2.45, 2.75) is 76.0 Å². The van der Waals surface area contributed by atoms with E-state index in [9.17, 15) is 14.7 Å². The van der Waals surface area contributed by atoms with Crippen molar-refractivity contribution >= 4 is 48.4 Å². The molecule has 1 amide bonds. The molecule has 1 aliphatic heterocycles. The van der Waals surface area contributed by atoms with E-state index in [4.69, 9.17) is 21.4 Å². The lowest BCUT2D eigenvalue weighted by Crippen LogP contribution is -2.72. The summed E-state index contributed by atoms with van der Waals surface area (Å²) < 4.78 is 12.2.